The Balaban J connectivity index is 2.77. The molecule has 0 aliphatic rings. The molecule has 0 heterocycles. The van der Waals surface area contributed by atoms with Gasteiger partial charge in [-0.3, -0.25) is 4.79 Å². The van der Waals surface area contributed by atoms with Crippen molar-refractivity contribution >= 4 is 16.0 Å². The number of hydrogen-bond acceptors (Lipinski definition) is 3. The number of rotatable bonds is 6. The monoisotopic (exact) mass is 325 g/mol. The summed E-state index contributed by atoms with van der Waals surface area (Å²) in [6, 6.07) is 3.06. The van der Waals surface area contributed by atoms with Crippen LogP contribution in [-0.2, 0) is 21.0 Å². The number of aliphatic carboxylic acids is 1. The Kier molecular flexibility index (Phi) is 5.35. The molecule has 0 fully saturated rings. The third-order valence-electron chi connectivity index (χ3n) is 2.64. The second kappa shape index (κ2) is 6.44. The molecular formula is C12H14F3NO4S. The number of benzene rings is 1. The van der Waals surface area contributed by atoms with Gasteiger partial charge in [0.1, 0.15) is 0 Å². The number of alkyl halides is 3. The lowest BCUT2D eigenvalue weighted by molar-refractivity contribution is -0.138. The summed E-state index contributed by atoms with van der Waals surface area (Å²) in [4.78, 5) is 10.1. The Hall–Kier alpha value is -1.61. The largest absolute Gasteiger partial charge is 0.481 e. The highest BCUT2D eigenvalue weighted by molar-refractivity contribution is 7.89. The van der Waals surface area contributed by atoms with E-state index in [1.807, 2.05) is 0 Å². The van der Waals surface area contributed by atoms with E-state index >= 15 is 0 Å². The van der Waals surface area contributed by atoms with Crippen molar-refractivity contribution in [3.8, 4) is 0 Å². The van der Waals surface area contributed by atoms with Crippen molar-refractivity contribution in [1.82, 2.24) is 4.72 Å². The second-order valence-corrected chi connectivity index (χ2v) is 6.34. The minimum Gasteiger partial charge on any atom is -0.481 e. The molecule has 2 N–H and O–H groups in total. The first-order chi connectivity index (χ1) is 9.52. The van der Waals surface area contributed by atoms with E-state index in [9.17, 15) is 26.4 Å². The van der Waals surface area contributed by atoms with E-state index in [2.05, 4.69) is 4.72 Å². The van der Waals surface area contributed by atoms with Crippen LogP contribution in [0.25, 0.3) is 0 Å². The van der Waals surface area contributed by atoms with Gasteiger partial charge in [0.05, 0.1) is 10.5 Å². The van der Waals surface area contributed by atoms with Gasteiger partial charge in [-0.2, -0.15) is 13.2 Å². The molecule has 0 radical (unpaired) electrons. The van der Waals surface area contributed by atoms with Crippen molar-refractivity contribution in [1.29, 1.82) is 0 Å². The number of carbonyl (C=O) groups is 1. The fourth-order valence-corrected chi connectivity index (χ4v) is 2.69. The van der Waals surface area contributed by atoms with Crippen LogP contribution < -0.4 is 4.72 Å². The number of halogens is 3. The zero-order chi connectivity index (χ0) is 16.3. The Bertz CT molecular complexity index is 596. The van der Waals surface area contributed by atoms with Crippen molar-refractivity contribution in [2.24, 2.45) is 5.92 Å². The van der Waals surface area contributed by atoms with Gasteiger partial charge in [0, 0.05) is 13.0 Å². The summed E-state index contributed by atoms with van der Waals surface area (Å²) >= 11 is 0. The first-order valence-electron chi connectivity index (χ1n) is 5.91. The number of hydrogen-bond donors (Lipinski definition) is 2. The molecule has 0 spiro atoms. The van der Waals surface area contributed by atoms with Crippen LogP contribution in [0.4, 0.5) is 13.2 Å². The van der Waals surface area contributed by atoms with E-state index < -0.39 is 33.7 Å². The molecule has 9 heteroatoms. The Morgan fingerprint density at radius 3 is 2.24 bits per heavy atom. The smallest absolute Gasteiger partial charge is 0.416 e. The molecule has 1 unspecified atom stereocenters. The molecule has 0 aromatic heterocycles. The van der Waals surface area contributed by atoms with Gasteiger partial charge in [-0.25, -0.2) is 13.1 Å². The summed E-state index contributed by atoms with van der Waals surface area (Å²) in [5.74, 6) is -1.50. The van der Waals surface area contributed by atoms with Crippen molar-refractivity contribution in [3.05, 3.63) is 29.8 Å². The van der Waals surface area contributed by atoms with Gasteiger partial charge >= 0.3 is 12.1 Å². The number of nitrogens with one attached hydrogen (secondary N) is 1. The Morgan fingerprint density at radius 2 is 1.81 bits per heavy atom. The van der Waals surface area contributed by atoms with E-state index in [0.717, 1.165) is 12.1 Å². The van der Waals surface area contributed by atoms with E-state index in [4.69, 9.17) is 5.11 Å². The van der Waals surface area contributed by atoms with E-state index in [-0.39, 0.29) is 17.9 Å². The maximum absolute atomic E-state index is 12.4. The average Bonchev–Trinajstić information content (AvgIpc) is 2.35. The van der Waals surface area contributed by atoms with Gasteiger partial charge in [0.25, 0.3) is 0 Å². The van der Waals surface area contributed by atoms with Gasteiger partial charge in [0.2, 0.25) is 10.0 Å². The Labute approximate surface area is 119 Å². The molecule has 118 valence electrons. The maximum atomic E-state index is 12.4. The van der Waals surface area contributed by atoms with Crippen molar-refractivity contribution in [2.45, 2.75) is 24.4 Å². The standard InChI is InChI=1S/C12H14F3NO4S/c1-8(6-11(17)18)7-16-21(19,20)10-4-2-9(3-5-10)12(13,14)15/h2-5,8,16H,6-7H2,1H3,(H,17,18). The van der Waals surface area contributed by atoms with Crippen LogP contribution in [0.1, 0.15) is 18.9 Å². The van der Waals surface area contributed by atoms with E-state index in [1.54, 1.807) is 6.92 Å². The van der Waals surface area contributed by atoms with Gasteiger partial charge in [0.15, 0.2) is 0 Å². The first-order valence-corrected chi connectivity index (χ1v) is 7.39. The molecule has 1 aromatic rings. The third kappa shape index (κ3) is 5.35. The number of sulfonamides is 1. The highest BCUT2D eigenvalue weighted by Gasteiger charge is 2.30. The molecule has 1 aromatic carbocycles. The van der Waals surface area contributed by atoms with Crippen LogP contribution in [0.2, 0.25) is 0 Å². The fourth-order valence-electron chi connectivity index (χ4n) is 1.53. The zero-order valence-electron chi connectivity index (χ0n) is 11.0. The van der Waals surface area contributed by atoms with E-state index in [0.29, 0.717) is 12.1 Å². The summed E-state index contributed by atoms with van der Waals surface area (Å²) in [6.07, 6.45) is -4.75. The van der Waals surface area contributed by atoms with Crippen LogP contribution in [-0.4, -0.2) is 26.0 Å². The predicted molar refractivity (Wildman–Crippen MR) is 68.0 cm³/mol. The summed E-state index contributed by atoms with van der Waals surface area (Å²) in [6.45, 7) is 1.43. The van der Waals surface area contributed by atoms with Crippen molar-refractivity contribution in [2.75, 3.05) is 6.54 Å². The average molecular weight is 325 g/mol. The molecule has 0 saturated carbocycles. The molecule has 0 saturated heterocycles. The molecule has 21 heavy (non-hydrogen) atoms. The summed E-state index contributed by atoms with van der Waals surface area (Å²) < 4.78 is 63.0. The van der Waals surface area contributed by atoms with Crippen LogP contribution in [0.15, 0.2) is 29.2 Å². The molecule has 0 aliphatic heterocycles. The van der Waals surface area contributed by atoms with Gasteiger partial charge < -0.3 is 5.11 Å². The summed E-state index contributed by atoms with van der Waals surface area (Å²) in [5, 5.41) is 8.55. The molecule has 0 bridgehead atoms. The van der Waals surface area contributed by atoms with E-state index in [1.165, 1.54) is 0 Å². The normalized spacial score (nSPS) is 13.9. The van der Waals surface area contributed by atoms with Crippen LogP contribution >= 0.6 is 0 Å². The van der Waals surface area contributed by atoms with Crippen LogP contribution in [0, 0.1) is 5.92 Å². The SMILES string of the molecule is CC(CNS(=O)(=O)c1ccc(C(F)(F)F)cc1)CC(=O)O. The van der Waals surface area contributed by atoms with Gasteiger partial charge in [-0.15, -0.1) is 0 Å². The molecular weight excluding hydrogens is 311 g/mol. The zero-order valence-corrected chi connectivity index (χ0v) is 11.8. The maximum Gasteiger partial charge on any atom is 0.416 e. The summed E-state index contributed by atoms with van der Waals surface area (Å²) in [5.41, 5.74) is -0.944. The fraction of sp³-hybridized carbons (Fsp3) is 0.417. The van der Waals surface area contributed by atoms with Crippen molar-refractivity contribution < 1.29 is 31.5 Å². The first kappa shape index (κ1) is 17.4. The van der Waals surface area contributed by atoms with Crippen molar-refractivity contribution in [3.63, 3.8) is 0 Å². The quantitative estimate of drug-likeness (QED) is 0.839. The second-order valence-electron chi connectivity index (χ2n) is 4.58. The minimum absolute atomic E-state index is 0.115. The highest BCUT2D eigenvalue weighted by atomic mass is 32.2. The van der Waals surface area contributed by atoms with Gasteiger partial charge in [-0.1, -0.05) is 6.92 Å². The number of carboxylic acid groups (broad SMARTS) is 1. The lowest BCUT2D eigenvalue weighted by Gasteiger charge is -2.12. The minimum atomic E-state index is -4.54. The molecule has 0 amide bonds. The molecule has 5 nitrogen and oxygen atoms in total. The Morgan fingerprint density at radius 1 is 1.29 bits per heavy atom. The number of carboxylic acids is 1. The molecule has 1 rings (SSSR count). The third-order valence-corrected chi connectivity index (χ3v) is 4.08. The molecule has 0 aliphatic carbocycles. The van der Waals surface area contributed by atoms with Crippen LogP contribution in [0.3, 0.4) is 0 Å². The topological polar surface area (TPSA) is 83.5 Å². The molecule has 1 atom stereocenters. The van der Waals surface area contributed by atoms with Gasteiger partial charge in [-0.05, 0) is 30.2 Å². The summed E-state index contributed by atoms with van der Waals surface area (Å²) in [7, 11) is -3.96. The predicted octanol–water partition coefficient (Wildman–Crippen LogP) is 2.09. The lowest BCUT2D eigenvalue weighted by Crippen LogP contribution is -2.29. The van der Waals surface area contributed by atoms with Crippen LogP contribution in [0.5, 0.6) is 0 Å². The highest BCUT2D eigenvalue weighted by Crippen LogP contribution is 2.29. The lowest BCUT2D eigenvalue weighted by atomic mass is 10.1.